The minimum atomic E-state index is -0.160. The van der Waals surface area contributed by atoms with E-state index in [4.69, 9.17) is 4.74 Å². The second-order valence-electron chi connectivity index (χ2n) is 5.28. The maximum absolute atomic E-state index is 12.3. The fourth-order valence-electron chi connectivity index (χ4n) is 2.50. The molecule has 0 fully saturated rings. The summed E-state index contributed by atoms with van der Waals surface area (Å²) >= 11 is 0. The Morgan fingerprint density at radius 2 is 1.91 bits per heavy atom. The molecule has 1 heterocycles. The van der Waals surface area contributed by atoms with Gasteiger partial charge in [-0.3, -0.25) is 9.59 Å². The van der Waals surface area contributed by atoms with Crippen LogP contribution in [0.1, 0.15) is 52.4 Å². The van der Waals surface area contributed by atoms with Gasteiger partial charge in [-0.15, -0.1) is 12.4 Å². The lowest BCUT2D eigenvalue weighted by molar-refractivity contribution is 0.0948. The average molecular weight is 346 g/mol. The molecule has 0 spiro atoms. The van der Waals surface area contributed by atoms with Crippen molar-refractivity contribution in [2.24, 2.45) is 0 Å². The fraction of sp³-hybridized carbons (Fsp3) is 0.625. The zero-order valence-electron chi connectivity index (χ0n) is 14.4. The van der Waals surface area contributed by atoms with Crippen LogP contribution >= 0.6 is 12.4 Å². The van der Waals surface area contributed by atoms with E-state index >= 15 is 0 Å². The third-order valence-electron chi connectivity index (χ3n) is 3.44. The summed E-state index contributed by atoms with van der Waals surface area (Å²) in [5, 5.41) is 6.03. The van der Waals surface area contributed by atoms with Crippen molar-refractivity contribution in [3.8, 4) is 0 Å². The van der Waals surface area contributed by atoms with Crippen LogP contribution in [0.2, 0.25) is 0 Å². The quantitative estimate of drug-likeness (QED) is 0.446. The Bertz CT molecular complexity index is 515. The minimum Gasteiger partial charge on any atom is -0.383 e. The molecular weight excluding hydrogens is 318 g/mol. The van der Waals surface area contributed by atoms with Crippen LogP contribution in [-0.2, 0) is 11.2 Å². The number of aromatic amines is 1. The number of methoxy groups -OCH3 is 1. The summed E-state index contributed by atoms with van der Waals surface area (Å²) in [6, 6.07) is 0. The highest BCUT2D eigenvalue weighted by Crippen LogP contribution is 2.21. The molecule has 6 nitrogen and oxygen atoms in total. The Labute approximate surface area is 144 Å². The first kappa shape index (κ1) is 21.6. The number of hydrogen-bond donors (Lipinski definition) is 3. The van der Waals surface area contributed by atoms with Crippen LogP contribution in [-0.4, -0.2) is 50.0 Å². The van der Waals surface area contributed by atoms with Crippen molar-refractivity contribution in [1.29, 1.82) is 0 Å². The van der Waals surface area contributed by atoms with Gasteiger partial charge in [0.1, 0.15) is 5.69 Å². The van der Waals surface area contributed by atoms with Gasteiger partial charge in [-0.1, -0.05) is 13.3 Å². The van der Waals surface area contributed by atoms with E-state index in [1.165, 1.54) is 6.92 Å². The van der Waals surface area contributed by atoms with Crippen LogP contribution in [0.4, 0.5) is 0 Å². The monoisotopic (exact) mass is 345 g/mol. The van der Waals surface area contributed by atoms with Crippen LogP contribution in [0, 0.1) is 6.92 Å². The number of amides is 1. The normalized spacial score (nSPS) is 10.3. The van der Waals surface area contributed by atoms with Crippen molar-refractivity contribution in [1.82, 2.24) is 15.6 Å². The van der Waals surface area contributed by atoms with E-state index in [0.29, 0.717) is 37.4 Å². The molecule has 7 heteroatoms. The van der Waals surface area contributed by atoms with Gasteiger partial charge in [-0.25, -0.2) is 0 Å². The van der Waals surface area contributed by atoms with Gasteiger partial charge in [-0.05, 0) is 25.8 Å². The molecule has 1 aromatic rings. The Balaban J connectivity index is 0.00000484. The summed E-state index contributed by atoms with van der Waals surface area (Å²) in [4.78, 5) is 27.2. The summed E-state index contributed by atoms with van der Waals surface area (Å²) < 4.78 is 4.93. The Morgan fingerprint density at radius 3 is 2.48 bits per heavy atom. The van der Waals surface area contributed by atoms with Crippen LogP contribution < -0.4 is 10.6 Å². The number of ether oxygens (including phenoxy) is 1. The third kappa shape index (κ3) is 6.33. The lowest BCUT2D eigenvalue weighted by Gasteiger charge is -2.08. The van der Waals surface area contributed by atoms with Crippen LogP contribution in [0.25, 0.3) is 0 Å². The number of nitrogens with one attached hydrogen (secondary N) is 3. The number of H-pyrrole nitrogens is 1. The predicted molar refractivity (Wildman–Crippen MR) is 93.9 cm³/mol. The summed E-state index contributed by atoms with van der Waals surface area (Å²) in [6.07, 6.45) is 1.60. The third-order valence-corrected chi connectivity index (χ3v) is 3.44. The molecule has 1 amide bonds. The molecule has 1 aromatic heterocycles. The van der Waals surface area contributed by atoms with Gasteiger partial charge >= 0.3 is 0 Å². The Kier molecular flexibility index (Phi) is 10.5. The van der Waals surface area contributed by atoms with E-state index in [2.05, 4.69) is 15.6 Å². The lowest BCUT2D eigenvalue weighted by Crippen LogP contribution is -2.33. The standard InChI is InChI=1S/C16H27N3O3.ClH/c1-5-6-13-14(12(3)20)11(2)19-15(13)16(21)18-8-7-17-9-10-22-4;/h17,19H,5-10H2,1-4H3,(H,18,21);1H. The SMILES string of the molecule is CCCc1c(C(=O)NCCNCCOC)[nH]c(C)c1C(C)=O.Cl. The van der Waals surface area contributed by atoms with Crippen LogP contribution in [0.15, 0.2) is 0 Å². The molecule has 0 aliphatic heterocycles. The van der Waals surface area contributed by atoms with E-state index < -0.39 is 0 Å². The molecule has 0 aromatic carbocycles. The summed E-state index contributed by atoms with van der Waals surface area (Å²) in [7, 11) is 1.65. The number of aromatic nitrogens is 1. The number of carbonyl (C=O) groups is 2. The molecular formula is C16H28ClN3O3. The Morgan fingerprint density at radius 1 is 1.22 bits per heavy atom. The Hall–Kier alpha value is -1.37. The number of carbonyl (C=O) groups excluding carboxylic acids is 2. The maximum atomic E-state index is 12.3. The van der Waals surface area contributed by atoms with E-state index in [9.17, 15) is 9.59 Å². The molecule has 0 aliphatic carbocycles. The van der Waals surface area contributed by atoms with Crippen molar-refractivity contribution in [3.05, 3.63) is 22.5 Å². The van der Waals surface area contributed by atoms with Crippen molar-refractivity contribution in [2.75, 3.05) is 33.4 Å². The molecule has 23 heavy (non-hydrogen) atoms. The highest BCUT2D eigenvalue weighted by Gasteiger charge is 2.21. The number of hydrogen-bond acceptors (Lipinski definition) is 4. The van der Waals surface area contributed by atoms with Gasteiger partial charge < -0.3 is 20.4 Å². The molecule has 3 N–H and O–H groups in total. The fourth-order valence-corrected chi connectivity index (χ4v) is 2.50. The van der Waals surface area contributed by atoms with Crippen LogP contribution in [0.3, 0.4) is 0 Å². The zero-order valence-corrected chi connectivity index (χ0v) is 15.2. The number of ketones is 1. The average Bonchev–Trinajstić information content (AvgIpc) is 2.79. The van der Waals surface area contributed by atoms with Crippen molar-refractivity contribution >= 4 is 24.1 Å². The number of halogens is 1. The van der Waals surface area contributed by atoms with Crippen LogP contribution in [0.5, 0.6) is 0 Å². The number of Topliss-reactive ketones (excluding diaryl/α,β-unsaturated/α-hetero) is 1. The van der Waals surface area contributed by atoms with Gasteiger partial charge in [0.25, 0.3) is 5.91 Å². The van der Waals surface area contributed by atoms with E-state index in [-0.39, 0.29) is 24.1 Å². The second-order valence-corrected chi connectivity index (χ2v) is 5.28. The highest BCUT2D eigenvalue weighted by atomic mass is 35.5. The number of aryl methyl sites for hydroxylation is 1. The molecule has 1 rings (SSSR count). The van der Waals surface area contributed by atoms with Crippen molar-refractivity contribution in [2.45, 2.75) is 33.6 Å². The first-order valence-corrected chi connectivity index (χ1v) is 7.73. The summed E-state index contributed by atoms with van der Waals surface area (Å²) in [5.41, 5.74) is 2.77. The van der Waals surface area contributed by atoms with Crippen molar-refractivity contribution in [3.63, 3.8) is 0 Å². The maximum Gasteiger partial charge on any atom is 0.268 e. The molecule has 0 atom stereocenters. The minimum absolute atomic E-state index is 0. The topological polar surface area (TPSA) is 83.2 Å². The van der Waals surface area contributed by atoms with Gasteiger partial charge in [0, 0.05) is 38.0 Å². The first-order valence-electron chi connectivity index (χ1n) is 7.73. The number of rotatable bonds is 10. The summed E-state index contributed by atoms with van der Waals surface area (Å²) in [6.45, 7) is 8.01. The first-order chi connectivity index (χ1) is 10.5. The lowest BCUT2D eigenvalue weighted by atomic mass is 10.0. The molecule has 0 radical (unpaired) electrons. The molecule has 0 saturated carbocycles. The second kappa shape index (κ2) is 11.2. The molecule has 0 saturated heterocycles. The van der Waals surface area contributed by atoms with Crippen molar-refractivity contribution < 1.29 is 14.3 Å². The largest absolute Gasteiger partial charge is 0.383 e. The summed E-state index contributed by atoms with van der Waals surface area (Å²) in [5.74, 6) is -0.162. The van der Waals surface area contributed by atoms with E-state index in [1.54, 1.807) is 7.11 Å². The van der Waals surface area contributed by atoms with Gasteiger partial charge in [-0.2, -0.15) is 0 Å². The van der Waals surface area contributed by atoms with Gasteiger partial charge in [0.05, 0.1) is 6.61 Å². The molecule has 0 aliphatic rings. The van der Waals surface area contributed by atoms with E-state index in [0.717, 1.165) is 24.2 Å². The molecule has 0 unspecified atom stereocenters. The zero-order chi connectivity index (χ0) is 16.5. The van der Waals surface area contributed by atoms with Gasteiger partial charge in [0.2, 0.25) is 0 Å². The van der Waals surface area contributed by atoms with E-state index in [1.807, 2.05) is 13.8 Å². The highest BCUT2D eigenvalue weighted by molar-refractivity contribution is 6.02. The smallest absolute Gasteiger partial charge is 0.268 e. The predicted octanol–water partition coefficient (Wildman–Crippen LogP) is 1.87. The van der Waals surface area contributed by atoms with Gasteiger partial charge in [0.15, 0.2) is 5.78 Å². The molecule has 0 bridgehead atoms. The molecule has 132 valence electrons.